The molecule has 164 valence electrons. The molecule has 1 aliphatic heterocycles. The van der Waals surface area contributed by atoms with Gasteiger partial charge < -0.3 is 25.2 Å². The number of hydrogen-bond donors (Lipinski definition) is 3. The van der Waals surface area contributed by atoms with E-state index in [0.29, 0.717) is 11.4 Å². The van der Waals surface area contributed by atoms with Crippen LogP contribution in [0.15, 0.2) is 42.9 Å². The molecule has 4 aromatic rings. The highest BCUT2D eigenvalue weighted by Gasteiger charge is 2.26. The van der Waals surface area contributed by atoms with Gasteiger partial charge >= 0.3 is 0 Å². The van der Waals surface area contributed by atoms with Crippen LogP contribution in [0.5, 0.6) is 0 Å². The number of anilines is 1. The second-order valence-electron chi connectivity index (χ2n) is 8.10. The zero-order chi connectivity index (χ0) is 22.2. The molecule has 32 heavy (non-hydrogen) atoms. The van der Waals surface area contributed by atoms with Crippen LogP contribution in [0.3, 0.4) is 0 Å². The molecule has 2 unspecified atom stereocenters. The Bertz CT molecular complexity index is 1270. The van der Waals surface area contributed by atoms with Gasteiger partial charge in [-0.05, 0) is 51.0 Å². The van der Waals surface area contributed by atoms with Crippen LogP contribution in [-0.2, 0) is 4.74 Å². The number of carbonyl (C=O) groups excluding carboxylic acids is 1. The number of carbonyl (C=O) groups is 1. The van der Waals surface area contributed by atoms with Crippen LogP contribution in [-0.4, -0.2) is 49.0 Å². The molecular weight excluding hydrogens is 406 g/mol. The molecule has 9 nitrogen and oxygen atoms in total. The van der Waals surface area contributed by atoms with Gasteiger partial charge in [0, 0.05) is 36.5 Å². The van der Waals surface area contributed by atoms with Gasteiger partial charge in [0.15, 0.2) is 11.5 Å². The zero-order valence-electron chi connectivity index (χ0n) is 18.0. The summed E-state index contributed by atoms with van der Waals surface area (Å²) in [6, 6.07) is 7.46. The second-order valence-corrected chi connectivity index (χ2v) is 8.10. The molecule has 1 fully saturated rings. The molecule has 1 saturated heterocycles. The van der Waals surface area contributed by atoms with Crippen molar-refractivity contribution in [3.8, 4) is 22.6 Å². The first-order valence-corrected chi connectivity index (χ1v) is 10.7. The summed E-state index contributed by atoms with van der Waals surface area (Å²) in [5.74, 6) is -0.285. The van der Waals surface area contributed by atoms with E-state index in [1.165, 1.54) is 0 Å². The lowest BCUT2D eigenvalue weighted by Crippen LogP contribution is -2.41. The maximum atomic E-state index is 13.1. The molecule has 4 N–H and O–H groups in total. The van der Waals surface area contributed by atoms with Crippen molar-refractivity contribution in [2.75, 3.05) is 12.3 Å². The lowest BCUT2D eigenvalue weighted by Gasteiger charge is -2.20. The van der Waals surface area contributed by atoms with Gasteiger partial charge in [-0.15, -0.1) is 0 Å². The topological polar surface area (TPSA) is 123 Å². The molecule has 0 saturated carbocycles. The van der Waals surface area contributed by atoms with Crippen LogP contribution in [0, 0.1) is 6.92 Å². The Hall–Kier alpha value is -3.72. The van der Waals surface area contributed by atoms with Crippen molar-refractivity contribution in [2.45, 2.75) is 38.8 Å². The largest absolute Gasteiger partial charge is 0.382 e. The number of aromatic amines is 1. The number of nitrogen functional groups attached to an aromatic ring is 1. The van der Waals surface area contributed by atoms with Gasteiger partial charge in [0.25, 0.3) is 5.91 Å². The third kappa shape index (κ3) is 3.60. The summed E-state index contributed by atoms with van der Waals surface area (Å²) >= 11 is 0. The van der Waals surface area contributed by atoms with E-state index in [4.69, 9.17) is 15.5 Å². The fraction of sp³-hybridized carbons (Fsp3) is 0.304. The minimum absolute atomic E-state index is 0.00239. The van der Waals surface area contributed by atoms with Crippen LogP contribution in [0.4, 0.5) is 5.82 Å². The van der Waals surface area contributed by atoms with E-state index in [1.807, 2.05) is 61.1 Å². The Kier molecular flexibility index (Phi) is 5.10. The van der Waals surface area contributed by atoms with E-state index in [-0.39, 0.29) is 29.6 Å². The molecule has 1 amide bonds. The number of nitrogens with zero attached hydrogens (tertiary/aromatic N) is 4. The van der Waals surface area contributed by atoms with Crippen molar-refractivity contribution in [3.05, 3.63) is 54.2 Å². The average molecular weight is 432 g/mol. The number of nitrogens with two attached hydrogens (primary N) is 1. The molecule has 0 radical (unpaired) electrons. The first kappa shape index (κ1) is 20.2. The van der Waals surface area contributed by atoms with Crippen LogP contribution in [0.25, 0.3) is 28.3 Å². The Balaban J connectivity index is 1.58. The highest BCUT2D eigenvalue weighted by molar-refractivity contribution is 5.98. The minimum Gasteiger partial charge on any atom is -0.382 e. The van der Waals surface area contributed by atoms with Crippen LogP contribution in [0.2, 0.25) is 0 Å². The Morgan fingerprint density at radius 1 is 1.31 bits per heavy atom. The van der Waals surface area contributed by atoms with Crippen molar-refractivity contribution in [1.29, 1.82) is 0 Å². The Labute approximate surface area is 185 Å². The van der Waals surface area contributed by atoms with Gasteiger partial charge in [0.1, 0.15) is 17.0 Å². The van der Waals surface area contributed by atoms with Gasteiger partial charge in [-0.25, -0.2) is 15.0 Å². The fourth-order valence-electron chi connectivity index (χ4n) is 4.09. The normalized spacial score (nSPS) is 17.0. The van der Waals surface area contributed by atoms with Gasteiger partial charge in [-0.3, -0.25) is 4.79 Å². The van der Waals surface area contributed by atoms with E-state index in [1.54, 1.807) is 0 Å². The SMILES string of the molecule is Cc1cnc2ccc(-c3nc(C(=O)NC(C)C4CCCO4)c(N)nc3-c3ccc[nH]3)cn12. The number of pyridine rings is 1. The molecular formula is C23H25N7O2. The third-order valence-electron chi connectivity index (χ3n) is 5.84. The Morgan fingerprint density at radius 3 is 2.94 bits per heavy atom. The number of fused-ring (bicyclic) bond motifs is 1. The number of H-pyrrole nitrogens is 1. The standard InChI is InChI=1S/C23H25N7O2/c1-13-11-26-18-8-7-15(12-30(13)18)19-20(16-5-3-9-25-16)29-22(24)21(28-19)23(31)27-14(2)17-6-4-10-32-17/h3,5,7-9,11-12,14,17,25H,4,6,10H2,1-2H3,(H2,24,29)(H,27,31). The first-order valence-electron chi connectivity index (χ1n) is 10.7. The van der Waals surface area contributed by atoms with Crippen molar-refractivity contribution in [1.82, 2.24) is 29.7 Å². The van der Waals surface area contributed by atoms with E-state index >= 15 is 0 Å². The average Bonchev–Trinajstić information content (AvgIpc) is 3.56. The Morgan fingerprint density at radius 2 is 2.19 bits per heavy atom. The highest BCUT2D eigenvalue weighted by Crippen LogP contribution is 2.30. The van der Waals surface area contributed by atoms with E-state index in [2.05, 4.69) is 20.3 Å². The van der Waals surface area contributed by atoms with Gasteiger partial charge in [0.2, 0.25) is 0 Å². The number of hydrogen-bond acceptors (Lipinski definition) is 6. The fourth-order valence-corrected chi connectivity index (χ4v) is 4.09. The molecule has 5 rings (SSSR count). The van der Waals surface area contributed by atoms with Crippen molar-refractivity contribution in [3.63, 3.8) is 0 Å². The summed E-state index contributed by atoms with van der Waals surface area (Å²) in [6.45, 7) is 4.63. The number of rotatable bonds is 5. The summed E-state index contributed by atoms with van der Waals surface area (Å²) in [7, 11) is 0. The molecule has 1 aliphatic rings. The molecule has 0 bridgehead atoms. The smallest absolute Gasteiger partial charge is 0.274 e. The number of imidazole rings is 1. The predicted octanol–water partition coefficient (Wildman–Crippen LogP) is 2.97. The molecule has 5 heterocycles. The maximum Gasteiger partial charge on any atom is 0.274 e. The summed E-state index contributed by atoms with van der Waals surface area (Å²) in [5.41, 5.74) is 10.8. The zero-order valence-corrected chi connectivity index (χ0v) is 18.0. The lowest BCUT2D eigenvalue weighted by atomic mass is 10.1. The summed E-state index contributed by atoms with van der Waals surface area (Å²) < 4.78 is 7.67. The van der Waals surface area contributed by atoms with Crippen LogP contribution >= 0.6 is 0 Å². The molecule has 0 aliphatic carbocycles. The summed E-state index contributed by atoms with van der Waals surface area (Å²) in [5, 5.41) is 2.98. The molecule has 0 spiro atoms. The highest BCUT2D eigenvalue weighted by atomic mass is 16.5. The van der Waals surface area contributed by atoms with Gasteiger partial charge in [-0.2, -0.15) is 0 Å². The summed E-state index contributed by atoms with van der Waals surface area (Å²) in [6.07, 6.45) is 7.48. The van der Waals surface area contributed by atoms with Crippen LogP contribution in [0.1, 0.15) is 35.9 Å². The number of aryl methyl sites for hydroxylation is 1. The van der Waals surface area contributed by atoms with Gasteiger partial charge in [-0.1, -0.05) is 0 Å². The van der Waals surface area contributed by atoms with Crippen molar-refractivity contribution >= 4 is 17.4 Å². The molecule has 2 atom stereocenters. The first-order chi connectivity index (χ1) is 15.5. The van der Waals surface area contributed by atoms with E-state index in [0.717, 1.165) is 42.0 Å². The van der Waals surface area contributed by atoms with E-state index < -0.39 is 0 Å². The minimum atomic E-state index is -0.364. The number of nitrogens with one attached hydrogen (secondary N) is 2. The number of ether oxygens (including phenoxy) is 1. The summed E-state index contributed by atoms with van der Waals surface area (Å²) in [4.78, 5) is 29.9. The quantitative estimate of drug-likeness (QED) is 0.446. The maximum absolute atomic E-state index is 13.1. The van der Waals surface area contributed by atoms with Crippen LogP contribution < -0.4 is 11.1 Å². The second kappa shape index (κ2) is 8.08. The van der Waals surface area contributed by atoms with E-state index in [9.17, 15) is 4.79 Å². The number of amides is 1. The third-order valence-corrected chi connectivity index (χ3v) is 5.84. The monoisotopic (exact) mass is 431 g/mol. The molecule has 4 aromatic heterocycles. The lowest BCUT2D eigenvalue weighted by molar-refractivity contribution is 0.0710. The molecule has 9 heteroatoms. The number of aromatic nitrogens is 5. The molecule has 0 aromatic carbocycles. The predicted molar refractivity (Wildman–Crippen MR) is 121 cm³/mol. The van der Waals surface area contributed by atoms with Crippen molar-refractivity contribution < 1.29 is 9.53 Å². The van der Waals surface area contributed by atoms with Gasteiger partial charge in [0.05, 0.1) is 17.8 Å². The van der Waals surface area contributed by atoms with Crippen molar-refractivity contribution in [2.24, 2.45) is 0 Å².